The molecule has 0 fully saturated rings. The van der Waals surface area contributed by atoms with Crippen molar-refractivity contribution in [2.24, 2.45) is 0 Å². The van der Waals surface area contributed by atoms with E-state index in [0.717, 1.165) is 4.90 Å². The summed E-state index contributed by atoms with van der Waals surface area (Å²) in [6, 6.07) is 4.00. The molecule has 1 aliphatic heterocycles. The highest BCUT2D eigenvalue weighted by atomic mass is 16.6. The van der Waals surface area contributed by atoms with Gasteiger partial charge in [-0.3, -0.25) is 14.9 Å². The number of nitro benzene ring substituents is 1. The van der Waals surface area contributed by atoms with Crippen molar-refractivity contribution in [3.63, 3.8) is 0 Å². The summed E-state index contributed by atoms with van der Waals surface area (Å²) in [7, 11) is 0. The summed E-state index contributed by atoms with van der Waals surface area (Å²) < 4.78 is 5.15. The first-order valence-corrected chi connectivity index (χ1v) is 6.02. The van der Waals surface area contributed by atoms with Crippen LogP contribution in [0.5, 0.6) is 0 Å². The van der Waals surface area contributed by atoms with Crippen molar-refractivity contribution in [2.45, 2.75) is 32.8 Å². The summed E-state index contributed by atoms with van der Waals surface area (Å²) in [4.78, 5) is 35.0. The van der Waals surface area contributed by atoms with Crippen molar-refractivity contribution in [3.8, 4) is 0 Å². The number of nitro groups is 1. The van der Waals surface area contributed by atoms with Gasteiger partial charge in [-0.25, -0.2) is 9.69 Å². The number of carbonyl (C=O) groups excluding carboxylic acids is 2. The van der Waals surface area contributed by atoms with E-state index in [1.807, 2.05) is 0 Å². The molecule has 0 saturated carbocycles. The maximum absolute atomic E-state index is 12.0. The highest BCUT2D eigenvalue weighted by Gasteiger charge is 2.36. The first kappa shape index (κ1) is 14.0. The molecule has 20 heavy (non-hydrogen) atoms. The number of amides is 2. The van der Waals surface area contributed by atoms with Gasteiger partial charge in [-0.2, -0.15) is 0 Å². The van der Waals surface area contributed by atoms with Gasteiger partial charge in [0.1, 0.15) is 5.60 Å². The Morgan fingerprint density at radius 1 is 1.40 bits per heavy atom. The fourth-order valence-electron chi connectivity index (χ4n) is 1.91. The van der Waals surface area contributed by atoms with Gasteiger partial charge in [-0.15, -0.1) is 0 Å². The highest BCUT2D eigenvalue weighted by molar-refractivity contribution is 6.17. The fourth-order valence-corrected chi connectivity index (χ4v) is 1.91. The summed E-state index contributed by atoms with van der Waals surface area (Å²) in [5.74, 6) is -0.449. The number of carbonyl (C=O) groups is 2. The molecule has 0 bridgehead atoms. The molecule has 7 heteroatoms. The fraction of sp³-hybridized carbons (Fsp3) is 0.385. The molecular formula is C13H14N2O5. The van der Waals surface area contributed by atoms with Gasteiger partial charge in [0.15, 0.2) is 0 Å². The molecule has 7 nitrogen and oxygen atoms in total. The smallest absolute Gasteiger partial charge is 0.421 e. The number of anilines is 1. The van der Waals surface area contributed by atoms with Crippen LogP contribution in [0.3, 0.4) is 0 Å². The average molecular weight is 278 g/mol. The van der Waals surface area contributed by atoms with Crippen LogP contribution < -0.4 is 4.90 Å². The lowest BCUT2D eigenvalue weighted by molar-refractivity contribution is -0.384. The predicted molar refractivity (Wildman–Crippen MR) is 70.5 cm³/mol. The van der Waals surface area contributed by atoms with Gasteiger partial charge in [0.2, 0.25) is 5.91 Å². The maximum Gasteiger partial charge on any atom is 0.421 e. The van der Waals surface area contributed by atoms with Crippen molar-refractivity contribution < 1.29 is 19.2 Å². The zero-order valence-electron chi connectivity index (χ0n) is 11.4. The number of imide groups is 1. The van der Waals surface area contributed by atoms with Crippen molar-refractivity contribution in [1.29, 1.82) is 0 Å². The Morgan fingerprint density at radius 2 is 2.05 bits per heavy atom. The maximum atomic E-state index is 12.0. The molecule has 0 spiro atoms. The first-order valence-electron chi connectivity index (χ1n) is 6.02. The molecule has 106 valence electrons. The molecule has 0 atom stereocenters. The summed E-state index contributed by atoms with van der Waals surface area (Å²) in [6.07, 6.45) is -0.784. The molecule has 0 aliphatic carbocycles. The minimum absolute atomic E-state index is 0.0343. The molecular weight excluding hydrogens is 264 g/mol. The highest BCUT2D eigenvalue weighted by Crippen LogP contribution is 2.33. The van der Waals surface area contributed by atoms with E-state index >= 15 is 0 Å². The van der Waals surface area contributed by atoms with Crippen LogP contribution in [0.15, 0.2) is 18.2 Å². The molecule has 2 amide bonds. The van der Waals surface area contributed by atoms with E-state index in [9.17, 15) is 19.7 Å². The van der Waals surface area contributed by atoms with Gasteiger partial charge in [0.05, 0.1) is 17.0 Å². The molecule has 1 aliphatic rings. The minimum Gasteiger partial charge on any atom is -0.443 e. The third-order valence-electron chi connectivity index (χ3n) is 2.69. The number of hydrogen-bond donors (Lipinski definition) is 0. The number of benzene rings is 1. The lowest BCUT2D eigenvalue weighted by atomic mass is 10.1. The number of non-ortho nitro benzene ring substituents is 1. The monoisotopic (exact) mass is 278 g/mol. The van der Waals surface area contributed by atoms with E-state index in [1.54, 1.807) is 20.8 Å². The van der Waals surface area contributed by atoms with Crippen LogP contribution in [0, 0.1) is 10.1 Å². The van der Waals surface area contributed by atoms with E-state index < -0.39 is 22.5 Å². The normalized spacial score (nSPS) is 14.2. The van der Waals surface area contributed by atoms with Gasteiger partial charge in [-0.1, -0.05) is 0 Å². The second-order valence-electron chi connectivity index (χ2n) is 5.46. The number of ether oxygens (including phenoxy) is 1. The standard InChI is InChI=1S/C13H14N2O5/c1-13(2,3)20-12(17)14-10-7-9(15(18)19)5-4-8(10)6-11(14)16/h4-5,7H,6H2,1-3H3. The van der Waals surface area contributed by atoms with Crippen molar-refractivity contribution in [1.82, 2.24) is 0 Å². The second kappa shape index (κ2) is 4.59. The number of rotatable bonds is 1. The van der Waals surface area contributed by atoms with Crippen LogP contribution in [0.4, 0.5) is 16.2 Å². The second-order valence-corrected chi connectivity index (χ2v) is 5.46. The lowest BCUT2D eigenvalue weighted by Gasteiger charge is -2.23. The van der Waals surface area contributed by atoms with E-state index in [-0.39, 0.29) is 17.8 Å². The zero-order chi connectivity index (χ0) is 15.1. The Balaban J connectivity index is 2.38. The number of fused-ring (bicyclic) bond motifs is 1. The van der Waals surface area contributed by atoms with E-state index in [2.05, 4.69) is 0 Å². The number of hydrogen-bond acceptors (Lipinski definition) is 5. The molecule has 0 radical (unpaired) electrons. The van der Waals surface area contributed by atoms with Crippen LogP contribution in [0.2, 0.25) is 0 Å². The van der Waals surface area contributed by atoms with Gasteiger partial charge in [0.25, 0.3) is 5.69 Å². The summed E-state index contributed by atoms with van der Waals surface area (Å²) in [5.41, 5.74) is -0.127. The van der Waals surface area contributed by atoms with Crippen molar-refractivity contribution in [3.05, 3.63) is 33.9 Å². The van der Waals surface area contributed by atoms with Crippen molar-refractivity contribution >= 4 is 23.4 Å². The third-order valence-corrected chi connectivity index (χ3v) is 2.69. The van der Waals surface area contributed by atoms with Gasteiger partial charge < -0.3 is 4.74 Å². The Morgan fingerprint density at radius 3 is 2.60 bits per heavy atom. The molecule has 0 unspecified atom stereocenters. The van der Waals surface area contributed by atoms with E-state index in [1.165, 1.54) is 18.2 Å². The van der Waals surface area contributed by atoms with Crippen LogP contribution in [0.1, 0.15) is 26.3 Å². The molecule has 0 saturated heterocycles. The SMILES string of the molecule is CC(C)(C)OC(=O)N1C(=O)Cc2ccc([N+](=O)[O-])cc21. The van der Waals surface area contributed by atoms with E-state index in [0.29, 0.717) is 5.56 Å². The lowest BCUT2D eigenvalue weighted by Crippen LogP contribution is -2.38. The number of nitrogens with zero attached hydrogens (tertiary/aromatic N) is 2. The van der Waals surface area contributed by atoms with E-state index in [4.69, 9.17) is 4.74 Å². The molecule has 1 aromatic rings. The van der Waals surface area contributed by atoms with Crippen LogP contribution >= 0.6 is 0 Å². The minimum atomic E-state index is -0.818. The summed E-state index contributed by atoms with van der Waals surface area (Å²) in [6.45, 7) is 5.04. The third kappa shape index (κ3) is 2.61. The average Bonchev–Trinajstić information content (AvgIpc) is 2.61. The Bertz CT molecular complexity index is 603. The summed E-state index contributed by atoms with van der Waals surface area (Å²) >= 11 is 0. The molecule has 0 aromatic heterocycles. The molecule has 0 N–H and O–H groups in total. The Hall–Kier alpha value is -2.44. The zero-order valence-corrected chi connectivity index (χ0v) is 11.4. The van der Waals surface area contributed by atoms with Gasteiger partial charge in [0, 0.05) is 12.1 Å². The van der Waals surface area contributed by atoms with Gasteiger partial charge >= 0.3 is 6.09 Å². The van der Waals surface area contributed by atoms with Crippen LogP contribution in [-0.4, -0.2) is 22.5 Å². The van der Waals surface area contributed by atoms with Crippen LogP contribution in [-0.2, 0) is 16.0 Å². The molecule has 2 rings (SSSR count). The van der Waals surface area contributed by atoms with Gasteiger partial charge in [-0.05, 0) is 32.4 Å². The predicted octanol–water partition coefficient (Wildman–Crippen LogP) is 2.42. The summed E-state index contributed by atoms with van der Waals surface area (Å²) in [5, 5.41) is 10.8. The van der Waals surface area contributed by atoms with Crippen molar-refractivity contribution in [2.75, 3.05) is 4.90 Å². The topological polar surface area (TPSA) is 89.8 Å². The molecule has 1 aromatic carbocycles. The Kier molecular flexibility index (Phi) is 3.21. The quantitative estimate of drug-likeness (QED) is 0.581. The molecule has 1 heterocycles. The Labute approximate surface area is 115 Å². The first-order chi connectivity index (χ1) is 9.19. The largest absolute Gasteiger partial charge is 0.443 e. The van der Waals surface area contributed by atoms with Crippen LogP contribution in [0.25, 0.3) is 0 Å².